The number of carboxylic acid groups (broad SMARTS) is 3. The molecule has 1 atom stereocenters. The van der Waals surface area contributed by atoms with Crippen molar-refractivity contribution < 1.29 is 43.9 Å². The van der Waals surface area contributed by atoms with Gasteiger partial charge in [-0.15, -0.1) is 0 Å². The third-order valence-corrected chi connectivity index (χ3v) is 7.41. The molecule has 1 rings (SSSR count). The summed E-state index contributed by atoms with van der Waals surface area (Å²) in [6.07, 6.45) is 0.573. The summed E-state index contributed by atoms with van der Waals surface area (Å²) in [4.78, 5) is 59.3. The Kier molecular flexibility index (Phi) is 18.7. The molecule has 0 spiro atoms. The first kappa shape index (κ1) is 36.0. The Balaban J connectivity index is 2.72. The third-order valence-electron chi connectivity index (χ3n) is 5.99. The molecule has 1 fully saturated rings. The minimum atomic E-state index is -1.01. The number of carbonyl (C=O) groups is 4. The number of nitrogens with zero attached hydrogens (tertiary/aromatic N) is 5. The van der Waals surface area contributed by atoms with Crippen LogP contribution in [0.4, 0.5) is 0 Å². The van der Waals surface area contributed by atoms with Crippen molar-refractivity contribution in [1.29, 1.82) is 0 Å². The van der Waals surface area contributed by atoms with E-state index in [4.69, 9.17) is 9.36 Å². The van der Waals surface area contributed by atoms with Crippen LogP contribution in [-0.2, 0) is 28.5 Å². The van der Waals surface area contributed by atoms with Gasteiger partial charge in [0, 0.05) is 74.1 Å². The van der Waals surface area contributed by atoms with Crippen molar-refractivity contribution >= 4 is 32.0 Å². The van der Waals surface area contributed by atoms with Crippen molar-refractivity contribution in [2.24, 2.45) is 0 Å². The van der Waals surface area contributed by atoms with Crippen molar-refractivity contribution in [3.63, 3.8) is 0 Å². The Morgan fingerprint density at radius 2 is 1.18 bits per heavy atom. The van der Waals surface area contributed by atoms with Crippen LogP contribution in [0, 0.1) is 0 Å². The molecule has 0 saturated carbocycles. The Morgan fingerprint density at radius 1 is 0.775 bits per heavy atom. The van der Waals surface area contributed by atoms with E-state index in [1.807, 2.05) is 18.6 Å². The Hall–Kier alpha value is -2.01. The van der Waals surface area contributed by atoms with Gasteiger partial charge in [0.2, 0.25) is 5.91 Å². The molecule has 1 saturated heterocycles. The van der Waals surface area contributed by atoms with E-state index in [2.05, 4.69) is 10.6 Å². The van der Waals surface area contributed by atoms with Gasteiger partial charge in [-0.25, -0.2) is 0 Å². The molecule has 0 aromatic heterocycles. The zero-order valence-electron chi connectivity index (χ0n) is 23.8. The molecule has 40 heavy (non-hydrogen) atoms. The van der Waals surface area contributed by atoms with Crippen LogP contribution >= 0.6 is 8.15 Å². The van der Waals surface area contributed by atoms with Gasteiger partial charge in [-0.1, -0.05) is 0 Å². The van der Waals surface area contributed by atoms with Gasteiger partial charge in [0.1, 0.15) is 6.73 Å². The van der Waals surface area contributed by atoms with Crippen LogP contribution in [0.25, 0.3) is 0 Å². The molecule has 0 aliphatic carbocycles. The summed E-state index contributed by atoms with van der Waals surface area (Å²) in [5.41, 5.74) is 0. The van der Waals surface area contributed by atoms with E-state index in [9.17, 15) is 34.5 Å². The summed E-state index contributed by atoms with van der Waals surface area (Å²) in [6.45, 7) is 5.35. The molecule has 5 N–H and O–H groups in total. The zero-order chi connectivity index (χ0) is 29.9. The third kappa shape index (κ3) is 18.4. The molecule has 17 heteroatoms. The van der Waals surface area contributed by atoms with E-state index in [0.717, 1.165) is 6.54 Å². The number of hydrogen-bond acceptors (Lipinski definition) is 12. The van der Waals surface area contributed by atoms with Crippen molar-refractivity contribution in [2.75, 3.05) is 125 Å². The number of amides is 1. The summed E-state index contributed by atoms with van der Waals surface area (Å²) >= 11 is 0. The maximum atomic E-state index is 12.7. The molecule has 1 heterocycles. The zero-order valence-corrected chi connectivity index (χ0v) is 24.7. The fourth-order valence-electron chi connectivity index (χ4n) is 3.93. The van der Waals surface area contributed by atoms with E-state index >= 15 is 0 Å². The summed E-state index contributed by atoms with van der Waals surface area (Å²) < 4.78 is 5.70. The lowest BCUT2D eigenvalue weighted by atomic mass is 10.3. The normalized spacial score (nSPS) is 18.1. The smallest absolute Gasteiger partial charge is 0.317 e. The van der Waals surface area contributed by atoms with Crippen molar-refractivity contribution in [1.82, 2.24) is 35.3 Å². The number of aliphatic carboxylic acids is 3. The molecule has 0 aromatic rings. The quantitative estimate of drug-likeness (QED) is 0.0519. The molecule has 1 amide bonds. The molecule has 0 bridgehead atoms. The van der Waals surface area contributed by atoms with Crippen LogP contribution in [0.3, 0.4) is 0 Å². The molecule has 1 unspecified atom stereocenters. The lowest BCUT2D eigenvalue weighted by molar-refractivity contribution is -0.146. The largest absolute Gasteiger partial charge is 0.480 e. The molecule has 1 aliphatic rings. The van der Waals surface area contributed by atoms with Gasteiger partial charge in [-0.3, -0.25) is 43.6 Å². The van der Waals surface area contributed by atoms with Crippen LogP contribution in [0.2, 0.25) is 0 Å². The second-order valence-corrected chi connectivity index (χ2v) is 11.3. The fraction of sp³-hybridized carbons (Fsp3) is 0.826. The van der Waals surface area contributed by atoms with E-state index in [0.29, 0.717) is 65.3 Å². The van der Waals surface area contributed by atoms with Crippen molar-refractivity contribution in [3.05, 3.63) is 0 Å². The lowest BCUT2D eigenvalue weighted by Crippen LogP contribution is -2.50. The summed E-state index contributed by atoms with van der Waals surface area (Å²) in [7, 11) is 2.91. The Bertz CT molecular complexity index is 751. The predicted octanol–water partition coefficient (Wildman–Crippen LogP) is -2.38. The van der Waals surface area contributed by atoms with E-state index in [1.165, 1.54) is 0 Å². The first-order valence-corrected chi connectivity index (χ1v) is 15.0. The number of hydroxylamine groups is 2. The van der Waals surface area contributed by atoms with Gasteiger partial charge in [0.15, 0.2) is 0 Å². The minimum absolute atomic E-state index is 0.0215. The molecular weight excluding hydrogens is 549 g/mol. The van der Waals surface area contributed by atoms with Gasteiger partial charge >= 0.3 is 17.9 Å². The summed E-state index contributed by atoms with van der Waals surface area (Å²) in [5.74, 6) is -3.30. The first-order valence-electron chi connectivity index (χ1n) is 13.1. The highest BCUT2D eigenvalue weighted by Crippen LogP contribution is 2.31. The highest BCUT2D eigenvalue weighted by Gasteiger charge is 2.21. The first-order chi connectivity index (χ1) is 19.0. The molecular formula is C23H46N7O9P. The number of hydrogen-bond donors (Lipinski definition) is 5. The molecule has 0 aromatic carbocycles. The van der Waals surface area contributed by atoms with Crippen LogP contribution in [0.15, 0.2) is 0 Å². The van der Waals surface area contributed by atoms with Gasteiger partial charge in [-0.05, 0) is 13.7 Å². The summed E-state index contributed by atoms with van der Waals surface area (Å²) in [5, 5.41) is 35.3. The van der Waals surface area contributed by atoms with Gasteiger partial charge in [0.05, 0.1) is 39.1 Å². The average molecular weight is 596 g/mol. The highest BCUT2D eigenvalue weighted by molar-refractivity contribution is 7.51. The monoisotopic (exact) mass is 595 g/mol. The standard InChI is InChI=1S/C23H46N7O9P/c1-24-4-13-39-40(3)19-26(2)38-18-25-20(31)14-27-5-7-28(15-21(32)33)9-11-30(17-23(36)37)12-10-29(8-6-27)16-22(34)35/h24H,4-19H2,1-3H3,(H,25,31)(H,32,33)(H,34,35)(H,36,37). The van der Waals surface area contributed by atoms with E-state index in [1.54, 1.807) is 26.8 Å². The average Bonchev–Trinajstić information content (AvgIpc) is 2.84. The second kappa shape index (κ2) is 20.8. The fourth-order valence-corrected chi connectivity index (χ4v) is 5.06. The number of carbonyl (C=O) groups excluding carboxylic acids is 1. The van der Waals surface area contributed by atoms with Crippen LogP contribution in [-0.4, -0.2) is 189 Å². The highest BCUT2D eigenvalue weighted by atomic mass is 31.1. The van der Waals surface area contributed by atoms with Gasteiger partial charge in [-0.2, -0.15) is 5.06 Å². The summed E-state index contributed by atoms with van der Waals surface area (Å²) in [6, 6.07) is 0. The molecule has 232 valence electrons. The number of likely N-dealkylation sites (N-methyl/N-ethyl adjacent to an activating group) is 1. The predicted molar refractivity (Wildman–Crippen MR) is 148 cm³/mol. The SMILES string of the molecule is CNCCOP(C)CN(C)OCNC(=O)CN1CCN(CC(=O)O)CCN(CC(=O)O)CCN(CC(=O)O)CC1. The van der Waals surface area contributed by atoms with Crippen molar-refractivity contribution in [3.8, 4) is 0 Å². The van der Waals surface area contributed by atoms with Gasteiger partial charge in [0.25, 0.3) is 0 Å². The molecule has 1 aliphatic heterocycles. The van der Waals surface area contributed by atoms with E-state index < -0.39 is 26.1 Å². The van der Waals surface area contributed by atoms with Gasteiger partial charge < -0.3 is 30.5 Å². The molecule has 16 nitrogen and oxygen atoms in total. The van der Waals surface area contributed by atoms with E-state index in [-0.39, 0.29) is 38.8 Å². The number of rotatable bonds is 17. The van der Waals surface area contributed by atoms with Crippen LogP contribution in [0.5, 0.6) is 0 Å². The maximum absolute atomic E-state index is 12.7. The second-order valence-electron chi connectivity index (χ2n) is 9.49. The molecule has 0 radical (unpaired) electrons. The topological polar surface area (TPSA) is 188 Å². The van der Waals surface area contributed by atoms with Crippen LogP contribution < -0.4 is 10.6 Å². The number of nitrogens with one attached hydrogen (secondary N) is 2. The number of carboxylic acids is 3. The maximum Gasteiger partial charge on any atom is 0.317 e. The Morgan fingerprint density at radius 3 is 1.55 bits per heavy atom. The minimum Gasteiger partial charge on any atom is -0.480 e. The lowest BCUT2D eigenvalue weighted by Gasteiger charge is -2.32. The van der Waals surface area contributed by atoms with Crippen LogP contribution in [0.1, 0.15) is 0 Å². The Labute approximate surface area is 236 Å². The van der Waals surface area contributed by atoms with Crippen molar-refractivity contribution in [2.45, 2.75) is 0 Å².